The molecule has 0 N–H and O–H groups in total. The van der Waals surface area contributed by atoms with Gasteiger partial charge < -0.3 is 9.47 Å². The topological polar surface area (TPSA) is 35.5 Å². The lowest BCUT2D eigenvalue weighted by molar-refractivity contribution is -0.00172. The van der Waals surface area contributed by atoms with Crippen molar-refractivity contribution in [2.75, 3.05) is 6.61 Å². The zero-order valence-electron chi connectivity index (χ0n) is 17.8. The summed E-state index contributed by atoms with van der Waals surface area (Å²) in [4.78, 5) is 14.8. The minimum absolute atomic E-state index is 0.106. The van der Waals surface area contributed by atoms with Crippen molar-refractivity contribution in [2.45, 2.75) is 90.3 Å². The molecule has 2 fully saturated rings. The van der Waals surface area contributed by atoms with Crippen molar-refractivity contribution in [3.8, 4) is 0 Å². The summed E-state index contributed by atoms with van der Waals surface area (Å²) in [6.45, 7) is 5.14. The lowest BCUT2D eigenvalue weighted by atomic mass is 9.72. The number of hydrogen-bond donors (Lipinski definition) is 0. The highest BCUT2D eigenvalue weighted by Gasteiger charge is 2.32. The molecule has 0 unspecified atom stereocenters. The first kappa shape index (κ1) is 21.3. The van der Waals surface area contributed by atoms with Gasteiger partial charge in [0.15, 0.2) is 0 Å². The number of ether oxygens (including phenoxy) is 2. The molecule has 29 heavy (non-hydrogen) atoms. The minimum atomic E-state index is -0.115. The Morgan fingerprint density at radius 3 is 2.10 bits per heavy atom. The van der Waals surface area contributed by atoms with E-state index in [2.05, 4.69) is 19.9 Å². The van der Waals surface area contributed by atoms with E-state index in [-0.39, 0.29) is 12.1 Å². The third-order valence-electron chi connectivity index (χ3n) is 6.74. The number of thiophene rings is 2. The van der Waals surface area contributed by atoms with E-state index in [0.717, 1.165) is 42.6 Å². The first-order chi connectivity index (χ1) is 14.2. The molecule has 0 bridgehead atoms. The fraction of sp³-hybridized carbons (Fsp3) is 0.708. The van der Waals surface area contributed by atoms with Crippen molar-refractivity contribution >= 4 is 38.0 Å². The summed E-state index contributed by atoms with van der Waals surface area (Å²) >= 11 is 3.41. The predicted octanol–water partition coefficient (Wildman–Crippen LogP) is 7.23. The fourth-order valence-corrected chi connectivity index (χ4v) is 7.61. The second-order valence-corrected chi connectivity index (χ2v) is 11.0. The van der Waals surface area contributed by atoms with E-state index in [1.807, 2.05) is 17.4 Å². The van der Waals surface area contributed by atoms with Gasteiger partial charge in [-0.15, -0.1) is 22.7 Å². The summed E-state index contributed by atoms with van der Waals surface area (Å²) < 4.78 is 14.2. The molecule has 5 heteroatoms. The molecule has 2 aromatic heterocycles. The van der Waals surface area contributed by atoms with Gasteiger partial charge in [-0.05, 0) is 88.7 Å². The van der Waals surface area contributed by atoms with Crippen LogP contribution in [0.2, 0.25) is 0 Å². The van der Waals surface area contributed by atoms with Gasteiger partial charge in [-0.3, -0.25) is 0 Å². The first-order valence-corrected chi connectivity index (χ1v) is 13.1. The SMILES string of the molecule is CCCc1cc2sc(C(=O)O[C@H]3CC[C@H]([C@H]4CC[C@H](OCC)CC4)CC3)cc2s1. The van der Waals surface area contributed by atoms with Crippen molar-refractivity contribution in [3.63, 3.8) is 0 Å². The Balaban J connectivity index is 1.24. The van der Waals surface area contributed by atoms with Crippen LogP contribution < -0.4 is 0 Å². The Hall–Kier alpha value is -0.910. The lowest BCUT2D eigenvalue weighted by Gasteiger charge is -2.37. The van der Waals surface area contributed by atoms with Crippen LogP contribution in [0.3, 0.4) is 0 Å². The van der Waals surface area contributed by atoms with Gasteiger partial charge in [0.2, 0.25) is 0 Å². The van der Waals surface area contributed by atoms with Gasteiger partial charge in [0.05, 0.1) is 6.10 Å². The summed E-state index contributed by atoms with van der Waals surface area (Å²) in [7, 11) is 0. The minimum Gasteiger partial charge on any atom is -0.458 e. The van der Waals surface area contributed by atoms with Crippen molar-refractivity contribution in [3.05, 3.63) is 21.9 Å². The highest BCUT2D eigenvalue weighted by Crippen LogP contribution is 2.40. The van der Waals surface area contributed by atoms with Crippen LogP contribution in [0.4, 0.5) is 0 Å². The standard InChI is InChI=1S/C24H34O3S2/c1-3-5-20-14-21-22(28-20)15-23(29-21)24(25)27-19-12-8-17(9-13-19)16-6-10-18(11-7-16)26-4-2/h14-19H,3-13H2,1-2H3/t16-,17-,18-,19-. The van der Waals surface area contributed by atoms with Crippen LogP contribution in [0.5, 0.6) is 0 Å². The average molecular weight is 435 g/mol. The normalized spacial score (nSPS) is 27.9. The first-order valence-electron chi connectivity index (χ1n) is 11.5. The zero-order chi connectivity index (χ0) is 20.2. The van der Waals surface area contributed by atoms with E-state index in [1.165, 1.54) is 59.2 Å². The van der Waals surface area contributed by atoms with E-state index < -0.39 is 0 Å². The Morgan fingerprint density at radius 2 is 1.52 bits per heavy atom. The molecule has 0 saturated heterocycles. The van der Waals surface area contributed by atoms with Crippen molar-refractivity contribution in [2.24, 2.45) is 11.8 Å². The molecule has 0 aliphatic heterocycles. The number of fused-ring (bicyclic) bond motifs is 1. The molecule has 4 rings (SSSR count). The van der Waals surface area contributed by atoms with Gasteiger partial charge >= 0.3 is 5.97 Å². The second-order valence-electron chi connectivity index (χ2n) is 8.74. The monoisotopic (exact) mass is 434 g/mol. The Bertz CT molecular complexity index is 761. The van der Waals surface area contributed by atoms with Crippen LogP contribution in [0, 0.1) is 11.8 Å². The van der Waals surface area contributed by atoms with Gasteiger partial charge in [-0.25, -0.2) is 4.79 Å². The summed E-state index contributed by atoms with van der Waals surface area (Å²) in [5, 5.41) is 0. The highest BCUT2D eigenvalue weighted by atomic mass is 32.1. The highest BCUT2D eigenvalue weighted by molar-refractivity contribution is 7.28. The molecular formula is C24H34O3S2. The Kier molecular flexibility index (Phi) is 7.30. The molecule has 2 aliphatic rings. The van der Waals surface area contributed by atoms with Gasteiger partial charge in [0, 0.05) is 20.9 Å². The van der Waals surface area contributed by atoms with Crippen LogP contribution in [0.15, 0.2) is 12.1 Å². The van der Waals surface area contributed by atoms with Crippen LogP contribution >= 0.6 is 22.7 Å². The Labute approximate surface area is 182 Å². The molecule has 2 heterocycles. The van der Waals surface area contributed by atoms with Gasteiger partial charge in [0.1, 0.15) is 11.0 Å². The molecule has 160 valence electrons. The van der Waals surface area contributed by atoms with E-state index in [1.54, 1.807) is 11.3 Å². The molecular weight excluding hydrogens is 400 g/mol. The summed E-state index contributed by atoms with van der Waals surface area (Å²) in [6, 6.07) is 4.28. The molecule has 0 atom stereocenters. The number of carbonyl (C=O) groups is 1. The number of esters is 1. The van der Waals surface area contributed by atoms with Gasteiger partial charge in [0.25, 0.3) is 0 Å². The summed E-state index contributed by atoms with van der Waals surface area (Å²) in [6.07, 6.45) is 12.4. The maximum Gasteiger partial charge on any atom is 0.348 e. The van der Waals surface area contributed by atoms with Crippen LogP contribution in [-0.2, 0) is 15.9 Å². The maximum atomic E-state index is 12.7. The second kappa shape index (κ2) is 9.93. The smallest absolute Gasteiger partial charge is 0.348 e. The van der Waals surface area contributed by atoms with Crippen molar-refractivity contribution in [1.29, 1.82) is 0 Å². The van der Waals surface area contributed by atoms with E-state index in [0.29, 0.717) is 6.10 Å². The van der Waals surface area contributed by atoms with Crippen LogP contribution in [-0.4, -0.2) is 24.8 Å². The number of carbonyl (C=O) groups excluding carboxylic acids is 1. The van der Waals surface area contributed by atoms with E-state index in [9.17, 15) is 4.79 Å². The average Bonchev–Trinajstić information content (AvgIpc) is 3.29. The predicted molar refractivity (Wildman–Crippen MR) is 122 cm³/mol. The molecule has 0 radical (unpaired) electrons. The van der Waals surface area contributed by atoms with Crippen LogP contribution in [0.25, 0.3) is 9.40 Å². The summed E-state index contributed by atoms with van der Waals surface area (Å²) in [5.41, 5.74) is 0. The molecule has 0 aromatic carbocycles. The molecule has 2 aliphatic carbocycles. The van der Waals surface area contributed by atoms with Crippen molar-refractivity contribution in [1.82, 2.24) is 0 Å². The van der Waals surface area contributed by atoms with Crippen LogP contribution in [0.1, 0.15) is 86.2 Å². The third-order valence-corrected chi connectivity index (χ3v) is 9.07. The number of aryl methyl sites for hydroxylation is 1. The maximum absolute atomic E-state index is 12.7. The van der Waals surface area contributed by atoms with E-state index in [4.69, 9.17) is 9.47 Å². The fourth-order valence-electron chi connectivity index (χ4n) is 5.21. The summed E-state index contributed by atoms with van der Waals surface area (Å²) in [5.74, 6) is 1.55. The zero-order valence-corrected chi connectivity index (χ0v) is 19.4. The number of rotatable bonds is 7. The molecule has 2 saturated carbocycles. The largest absolute Gasteiger partial charge is 0.458 e. The molecule has 2 aromatic rings. The van der Waals surface area contributed by atoms with Gasteiger partial charge in [-0.1, -0.05) is 13.3 Å². The quantitative estimate of drug-likeness (QED) is 0.431. The van der Waals surface area contributed by atoms with Crippen molar-refractivity contribution < 1.29 is 14.3 Å². The lowest BCUT2D eigenvalue weighted by Crippen LogP contribution is -2.31. The Morgan fingerprint density at radius 1 is 0.897 bits per heavy atom. The number of hydrogen-bond acceptors (Lipinski definition) is 5. The molecule has 3 nitrogen and oxygen atoms in total. The third kappa shape index (κ3) is 5.23. The van der Waals surface area contributed by atoms with E-state index >= 15 is 0 Å². The molecule has 0 amide bonds. The molecule has 0 spiro atoms. The van der Waals surface area contributed by atoms with Gasteiger partial charge in [-0.2, -0.15) is 0 Å².